The molecule has 0 unspecified atom stereocenters. The molecule has 1 aliphatic rings. The molecule has 0 radical (unpaired) electrons. The predicted molar refractivity (Wildman–Crippen MR) is 110 cm³/mol. The molecule has 0 saturated heterocycles. The van der Waals surface area contributed by atoms with Crippen LogP contribution in [0, 0.1) is 0 Å². The molecule has 1 aromatic heterocycles. The maximum Gasteiger partial charge on any atom is 0.257 e. The molecular weight excluding hydrogens is 370 g/mol. The lowest BCUT2D eigenvalue weighted by atomic mass is 10.1. The van der Waals surface area contributed by atoms with Crippen LogP contribution in [0.15, 0.2) is 60.8 Å². The highest BCUT2D eigenvalue weighted by Gasteiger charge is 2.14. The van der Waals surface area contributed by atoms with Crippen LogP contribution < -0.4 is 24.8 Å². The number of benzene rings is 2. The third-order valence-electron chi connectivity index (χ3n) is 4.53. The number of aromatic nitrogens is 1. The van der Waals surface area contributed by atoms with Crippen molar-refractivity contribution in [2.45, 2.75) is 6.42 Å². The van der Waals surface area contributed by atoms with Crippen molar-refractivity contribution in [2.24, 2.45) is 0 Å². The summed E-state index contributed by atoms with van der Waals surface area (Å²) in [6.07, 6.45) is 2.41. The minimum atomic E-state index is -0.235. The van der Waals surface area contributed by atoms with Gasteiger partial charge in [-0.25, -0.2) is 4.98 Å². The zero-order valence-electron chi connectivity index (χ0n) is 16.0. The highest BCUT2D eigenvalue weighted by Crippen LogP contribution is 2.34. The third kappa shape index (κ3) is 4.57. The molecule has 1 amide bonds. The SMILES string of the molecule is COc1ccc(CCNc2ccc(C(=O)Nc3ccc4c(c3)OCO4)cn2)cc1. The van der Waals surface area contributed by atoms with Crippen molar-refractivity contribution in [3.8, 4) is 17.2 Å². The fraction of sp³-hybridized carbons (Fsp3) is 0.182. The Kier molecular flexibility index (Phi) is 5.47. The van der Waals surface area contributed by atoms with Crippen LogP contribution in [0.1, 0.15) is 15.9 Å². The molecule has 0 bridgehead atoms. The number of pyridine rings is 1. The second-order valence-electron chi connectivity index (χ2n) is 6.48. The lowest BCUT2D eigenvalue weighted by Crippen LogP contribution is -2.13. The Bertz CT molecular complexity index is 988. The summed E-state index contributed by atoms with van der Waals surface area (Å²) in [5.41, 5.74) is 2.32. The van der Waals surface area contributed by atoms with Crippen LogP contribution in [-0.2, 0) is 6.42 Å². The van der Waals surface area contributed by atoms with Crippen molar-refractivity contribution in [3.63, 3.8) is 0 Å². The molecule has 0 fully saturated rings. The summed E-state index contributed by atoms with van der Waals surface area (Å²) in [7, 11) is 1.65. The maximum absolute atomic E-state index is 12.4. The normalized spacial score (nSPS) is 11.8. The van der Waals surface area contributed by atoms with Gasteiger partial charge in [0.25, 0.3) is 5.91 Å². The molecule has 0 spiro atoms. The first kappa shape index (κ1) is 18.6. The number of ether oxygens (including phenoxy) is 3. The smallest absolute Gasteiger partial charge is 0.257 e. The summed E-state index contributed by atoms with van der Waals surface area (Å²) in [4.78, 5) is 16.7. The Labute approximate surface area is 168 Å². The molecule has 4 rings (SSSR count). The fourth-order valence-corrected chi connectivity index (χ4v) is 2.94. The Hall–Kier alpha value is -3.74. The Morgan fingerprint density at radius 1 is 1.07 bits per heavy atom. The van der Waals surface area contributed by atoms with E-state index in [-0.39, 0.29) is 12.7 Å². The van der Waals surface area contributed by atoms with Crippen LogP contribution in [-0.4, -0.2) is 31.3 Å². The predicted octanol–water partition coefficient (Wildman–Crippen LogP) is 3.73. The number of fused-ring (bicyclic) bond motifs is 1. The second-order valence-corrected chi connectivity index (χ2v) is 6.48. The number of methoxy groups -OCH3 is 1. The van der Waals surface area contributed by atoms with Gasteiger partial charge in [0.05, 0.1) is 12.7 Å². The number of rotatable bonds is 7. The number of nitrogens with one attached hydrogen (secondary N) is 2. The van der Waals surface area contributed by atoms with Gasteiger partial charge in [-0.2, -0.15) is 0 Å². The molecule has 1 aliphatic heterocycles. The van der Waals surface area contributed by atoms with Gasteiger partial charge in [0.1, 0.15) is 11.6 Å². The van der Waals surface area contributed by atoms with Crippen molar-refractivity contribution in [2.75, 3.05) is 31.1 Å². The van der Waals surface area contributed by atoms with E-state index in [1.807, 2.05) is 24.3 Å². The quantitative estimate of drug-likeness (QED) is 0.639. The zero-order valence-corrected chi connectivity index (χ0v) is 16.0. The van der Waals surface area contributed by atoms with Crippen molar-refractivity contribution in [1.29, 1.82) is 0 Å². The Morgan fingerprint density at radius 3 is 2.66 bits per heavy atom. The van der Waals surface area contributed by atoms with E-state index >= 15 is 0 Å². The number of carbonyl (C=O) groups excluding carboxylic acids is 1. The summed E-state index contributed by atoms with van der Waals surface area (Å²) in [6, 6.07) is 16.8. The van der Waals surface area contributed by atoms with E-state index in [0.717, 1.165) is 24.5 Å². The zero-order chi connectivity index (χ0) is 20.1. The van der Waals surface area contributed by atoms with Gasteiger partial charge in [-0.15, -0.1) is 0 Å². The summed E-state index contributed by atoms with van der Waals surface area (Å²) < 4.78 is 15.8. The molecule has 148 valence electrons. The van der Waals surface area contributed by atoms with Gasteiger partial charge >= 0.3 is 0 Å². The van der Waals surface area contributed by atoms with Gasteiger partial charge in [-0.3, -0.25) is 4.79 Å². The molecule has 7 nitrogen and oxygen atoms in total. The fourth-order valence-electron chi connectivity index (χ4n) is 2.94. The highest BCUT2D eigenvalue weighted by molar-refractivity contribution is 6.04. The van der Waals surface area contributed by atoms with Gasteiger partial charge in [-0.05, 0) is 48.4 Å². The van der Waals surface area contributed by atoms with Crippen LogP contribution in [0.5, 0.6) is 17.2 Å². The Balaban J connectivity index is 1.29. The molecule has 2 aromatic carbocycles. The first-order chi connectivity index (χ1) is 14.2. The number of hydrogen-bond acceptors (Lipinski definition) is 6. The van der Waals surface area contributed by atoms with Crippen molar-refractivity contribution >= 4 is 17.4 Å². The minimum absolute atomic E-state index is 0.198. The van der Waals surface area contributed by atoms with Crippen molar-refractivity contribution in [3.05, 3.63) is 71.9 Å². The van der Waals surface area contributed by atoms with E-state index in [0.29, 0.717) is 22.7 Å². The first-order valence-corrected chi connectivity index (χ1v) is 9.25. The van der Waals surface area contributed by atoms with E-state index in [2.05, 4.69) is 15.6 Å². The monoisotopic (exact) mass is 391 g/mol. The number of hydrogen-bond donors (Lipinski definition) is 2. The highest BCUT2D eigenvalue weighted by atomic mass is 16.7. The average Bonchev–Trinajstić information content (AvgIpc) is 3.22. The van der Waals surface area contributed by atoms with E-state index in [1.54, 1.807) is 43.6 Å². The third-order valence-corrected chi connectivity index (χ3v) is 4.53. The molecule has 3 aromatic rings. The second kappa shape index (κ2) is 8.52. The summed E-state index contributed by atoms with van der Waals surface area (Å²) >= 11 is 0. The molecule has 29 heavy (non-hydrogen) atoms. The van der Waals surface area contributed by atoms with Crippen molar-refractivity contribution in [1.82, 2.24) is 4.98 Å². The summed E-state index contributed by atoms with van der Waals surface area (Å²) in [5, 5.41) is 6.10. The average molecular weight is 391 g/mol. The summed E-state index contributed by atoms with van der Waals surface area (Å²) in [6.45, 7) is 0.936. The summed E-state index contributed by atoms with van der Waals surface area (Å²) in [5.74, 6) is 2.63. The first-order valence-electron chi connectivity index (χ1n) is 9.25. The number of nitrogens with zero attached hydrogens (tertiary/aromatic N) is 1. The largest absolute Gasteiger partial charge is 0.497 e. The van der Waals surface area contributed by atoms with Gasteiger partial charge in [0, 0.05) is 24.5 Å². The number of amides is 1. The maximum atomic E-state index is 12.4. The van der Waals surface area contributed by atoms with Gasteiger partial charge in [-0.1, -0.05) is 12.1 Å². The molecule has 0 aliphatic carbocycles. The Morgan fingerprint density at radius 2 is 1.90 bits per heavy atom. The lowest BCUT2D eigenvalue weighted by molar-refractivity contribution is 0.102. The molecule has 7 heteroatoms. The lowest BCUT2D eigenvalue weighted by Gasteiger charge is -2.08. The molecule has 2 heterocycles. The van der Waals surface area contributed by atoms with Gasteiger partial charge in [0.2, 0.25) is 6.79 Å². The molecule has 0 atom stereocenters. The van der Waals surface area contributed by atoms with Crippen LogP contribution in [0.4, 0.5) is 11.5 Å². The van der Waals surface area contributed by atoms with E-state index in [4.69, 9.17) is 14.2 Å². The minimum Gasteiger partial charge on any atom is -0.497 e. The standard InChI is InChI=1S/C22H21N3O4/c1-27-18-6-2-15(3-7-18)10-11-23-21-9-4-16(13-24-21)22(26)25-17-5-8-19-20(12-17)29-14-28-19/h2-9,12-13H,10-11,14H2,1H3,(H,23,24)(H,25,26). The van der Waals surface area contributed by atoms with Gasteiger partial charge in [0.15, 0.2) is 11.5 Å². The number of anilines is 2. The topological polar surface area (TPSA) is 81.7 Å². The van der Waals surface area contributed by atoms with Crippen LogP contribution in [0.2, 0.25) is 0 Å². The van der Waals surface area contributed by atoms with E-state index in [9.17, 15) is 4.79 Å². The van der Waals surface area contributed by atoms with Gasteiger partial charge < -0.3 is 24.8 Å². The van der Waals surface area contributed by atoms with E-state index < -0.39 is 0 Å². The molecule has 2 N–H and O–H groups in total. The molecular formula is C22H21N3O4. The molecule has 0 saturated carbocycles. The van der Waals surface area contributed by atoms with Crippen LogP contribution in [0.25, 0.3) is 0 Å². The van der Waals surface area contributed by atoms with Crippen LogP contribution >= 0.6 is 0 Å². The number of carbonyl (C=O) groups is 1. The van der Waals surface area contributed by atoms with Crippen molar-refractivity contribution < 1.29 is 19.0 Å². The van der Waals surface area contributed by atoms with Crippen LogP contribution in [0.3, 0.4) is 0 Å². The van der Waals surface area contributed by atoms with E-state index in [1.165, 1.54) is 5.56 Å².